The highest BCUT2D eigenvalue weighted by molar-refractivity contribution is 6.14. The Morgan fingerprint density at radius 2 is 2.12 bits per heavy atom. The quantitative estimate of drug-likeness (QED) is 0.847. The summed E-state index contributed by atoms with van der Waals surface area (Å²) < 4.78 is 11.4. The zero-order valence-electron chi connectivity index (χ0n) is 15.5. The SMILES string of the molecule is CC(C)Oc1ccc2c(c1)C(c1cc(N3CCOCC3C)ncn1)=NC2. The normalized spacial score (nSPS) is 19.5. The van der Waals surface area contributed by atoms with Crippen molar-refractivity contribution in [2.75, 3.05) is 24.7 Å². The minimum absolute atomic E-state index is 0.142. The van der Waals surface area contributed by atoms with Crippen LogP contribution in [0, 0.1) is 0 Å². The van der Waals surface area contributed by atoms with Crippen LogP contribution in [0.4, 0.5) is 5.82 Å². The number of hydrogen-bond acceptors (Lipinski definition) is 6. The summed E-state index contributed by atoms with van der Waals surface area (Å²) >= 11 is 0. The largest absolute Gasteiger partial charge is 0.491 e. The molecule has 0 saturated carbocycles. The van der Waals surface area contributed by atoms with Gasteiger partial charge in [-0.1, -0.05) is 6.07 Å². The van der Waals surface area contributed by atoms with Crippen molar-refractivity contribution in [3.05, 3.63) is 47.4 Å². The van der Waals surface area contributed by atoms with Gasteiger partial charge in [0.1, 0.15) is 17.9 Å². The first-order chi connectivity index (χ1) is 12.6. The lowest BCUT2D eigenvalue weighted by molar-refractivity contribution is 0.0985. The molecule has 0 radical (unpaired) electrons. The summed E-state index contributed by atoms with van der Waals surface area (Å²) in [6.07, 6.45) is 1.77. The molecule has 1 unspecified atom stereocenters. The fraction of sp³-hybridized carbons (Fsp3) is 0.450. The lowest BCUT2D eigenvalue weighted by Gasteiger charge is -2.34. The number of ether oxygens (including phenoxy) is 2. The van der Waals surface area contributed by atoms with E-state index in [-0.39, 0.29) is 6.10 Å². The van der Waals surface area contributed by atoms with E-state index in [4.69, 9.17) is 14.5 Å². The van der Waals surface area contributed by atoms with Crippen molar-refractivity contribution in [2.45, 2.75) is 39.5 Å². The minimum Gasteiger partial charge on any atom is -0.491 e. The highest BCUT2D eigenvalue weighted by atomic mass is 16.5. The highest BCUT2D eigenvalue weighted by Crippen LogP contribution is 2.28. The van der Waals surface area contributed by atoms with E-state index in [0.717, 1.165) is 48.3 Å². The molecule has 0 bridgehead atoms. The van der Waals surface area contributed by atoms with Crippen LogP contribution in [0.2, 0.25) is 0 Å². The van der Waals surface area contributed by atoms with Gasteiger partial charge in [-0.25, -0.2) is 9.97 Å². The summed E-state index contributed by atoms with van der Waals surface area (Å²) in [5.74, 6) is 1.79. The molecule has 0 amide bonds. The van der Waals surface area contributed by atoms with Crippen LogP contribution in [0.5, 0.6) is 5.75 Å². The van der Waals surface area contributed by atoms with Crippen LogP contribution < -0.4 is 9.64 Å². The molecule has 0 spiro atoms. The van der Waals surface area contributed by atoms with E-state index in [1.807, 2.05) is 26.0 Å². The van der Waals surface area contributed by atoms with E-state index < -0.39 is 0 Å². The maximum Gasteiger partial charge on any atom is 0.133 e. The van der Waals surface area contributed by atoms with Gasteiger partial charge in [0.2, 0.25) is 0 Å². The second kappa shape index (κ2) is 7.03. The van der Waals surface area contributed by atoms with Crippen LogP contribution in [-0.4, -0.2) is 47.6 Å². The maximum atomic E-state index is 5.85. The van der Waals surface area contributed by atoms with Gasteiger partial charge in [0.15, 0.2) is 0 Å². The van der Waals surface area contributed by atoms with Crippen molar-refractivity contribution in [3.8, 4) is 5.75 Å². The Morgan fingerprint density at radius 1 is 1.23 bits per heavy atom. The average Bonchev–Trinajstić information content (AvgIpc) is 3.05. The Labute approximate surface area is 153 Å². The van der Waals surface area contributed by atoms with Crippen molar-refractivity contribution in [1.82, 2.24) is 9.97 Å². The first kappa shape index (κ1) is 17.0. The first-order valence-electron chi connectivity index (χ1n) is 9.13. The molecule has 1 atom stereocenters. The van der Waals surface area contributed by atoms with Crippen molar-refractivity contribution >= 4 is 11.5 Å². The molecule has 26 heavy (non-hydrogen) atoms. The number of fused-ring (bicyclic) bond motifs is 1. The van der Waals surface area contributed by atoms with Crippen LogP contribution in [0.15, 0.2) is 35.6 Å². The number of benzene rings is 1. The van der Waals surface area contributed by atoms with Crippen LogP contribution in [-0.2, 0) is 11.3 Å². The zero-order chi connectivity index (χ0) is 18.1. The number of aromatic nitrogens is 2. The predicted molar refractivity (Wildman–Crippen MR) is 101 cm³/mol. The van der Waals surface area contributed by atoms with E-state index >= 15 is 0 Å². The standard InChI is InChI=1S/C20H24N4O2/c1-13(2)26-16-5-4-15-10-21-20(17(15)8-16)18-9-19(23-12-22-18)24-6-7-25-11-14(24)3/h4-5,8-9,12-14H,6-7,10-11H2,1-3H3. The summed E-state index contributed by atoms with van der Waals surface area (Å²) in [5, 5.41) is 0. The lowest BCUT2D eigenvalue weighted by Crippen LogP contribution is -2.44. The van der Waals surface area contributed by atoms with E-state index in [0.29, 0.717) is 12.6 Å². The van der Waals surface area contributed by atoms with E-state index in [1.54, 1.807) is 6.33 Å². The van der Waals surface area contributed by atoms with Crippen LogP contribution in [0.25, 0.3) is 0 Å². The maximum absolute atomic E-state index is 5.85. The Morgan fingerprint density at radius 3 is 2.92 bits per heavy atom. The highest BCUT2D eigenvalue weighted by Gasteiger charge is 2.23. The molecule has 1 aromatic carbocycles. The topological polar surface area (TPSA) is 59.8 Å². The van der Waals surface area contributed by atoms with Crippen LogP contribution in [0.3, 0.4) is 0 Å². The fourth-order valence-corrected chi connectivity index (χ4v) is 3.43. The molecular weight excluding hydrogens is 328 g/mol. The Kier molecular flexibility index (Phi) is 4.59. The van der Waals surface area contributed by atoms with Crippen LogP contribution >= 0.6 is 0 Å². The lowest BCUT2D eigenvalue weighted by atomic mass is 10.0. The predicted octanol–water partition coefficient (Wildman–Crippen LogP) is 2.84. The number of hydrogen-bond donors (Lipinski definition) is 0. The third-order valence-electron chi connectivity index (χ3n) is 4.67. The summed E-state index contributed by atoms with van der Waals surface area (Å²) in [6, 6.07) is 8.51. The number of morpholine rings is 1. The van der Waals surface area contributed by atoms with Gasteiger partial charge in [-0.3, -0.25) is 4.99 Å². The fourth-order valence-electron chi connectivity index (χ4n) is 3.43. The summed E-state index contributed by atoms with van der Waals surface area (Å²) in [7, 11) is 0. The van der Waals surface area contributed by atoms with Gasteiger partial charge in [0.05, 0.1) is 43.3 Å². The molecule has 6 heteroatoms. The van der Waals surface area contributed by atoms with Crippen molar-refractivity contribution in [3.63, 3.8) is 0 Å². The van der Waals surface area contributed by atoms with Crippen molar-refractivity contribution < 1.29 is 9.47 Å². The smallest absolute Gasteiger partial charge is 0.133 e. The van der Waals surface area contributed by atoms with Gasteiger partial charge in [-0.15, -0.1) is 0 Å². The molecule has 4 rings (SSSR count). The number of aliphatic imine (C=N–C) groups is 1. The Hall–Kier alpha value is -2.47. The number of rotatable bonds is 4. The van der Waals surface area contributed by atoms with Gasteiger partial charge in [-0.2, -0.15) is 0 Å². The zero-order valence-corrected chi connectivity index (χ0v) is 15.5. The van der Waals surface area contributed by atoms with Gasteiger partial charge in [-0.05, 0) is 38.5 Å². The molecule has 0 aliphatic carbocycles. The number of anilines is 1. The summed E-state index contributed by atoms with van der Waals surface area (Å²) in [5.41, 5.74) is 4.08. The van der Waals surface area contributed by atoms with Gasteiger partial charge in [0, 0.05) is 18.2 Å². The molecule has 2 aliphatic rings. The van der Waals surface area contributed by atoms with Crippen LogP contribution in [0.1, 0.15) is 37.6 Å². The third kappa shape index (κ3) is 3.29. The molecule has 0 N–H and O–H groups in total. The van der Waals surface area contributed by atoms with E-state index in [9.17, 15) is 0 Å². The first-order valence-corrected chi connectivity index (χ1v) is 9.13. The molecule has 2 aromatic rings. The molecule has 1 saturated heterocycles. The summed E-state index contributed by atoms with van der Waals surface area (Å²) in [4.78, 5) is 16.0. The monoisotopic (exact) mass is 352 g/mol. The van der Waals surface area contributed by atoms with Gasteiger partial charge in [0.25, 0.3) is 0 Å². The van der Waals surface area contributed by atoms with Gasteiger partial charge >= 0.3 is 0 Å². The summed E-state index contributed by atoms with van der Waals surface area (Å²) in [6.45, 7) is 9.18. The molecule has 3 heterocycles. The molecule has 1 fully saturated rings. The van der Waals surface area contributed by atoms with E-state index in [2.05, 4.69) is 33.9 Å². The van der Waals surface area contributed by atoms with Gasteiger partial charge < -0.3 is 14.4 Å². The average molecular weight is 352 g/mol. The van der Waals surface area contributed by atoms with Crippen molar-refractivity contribution in [1.29, 1.82) is 0 Å². The van der Waals surface area contributed by atoms with Crippen molar-refractivity contribution in [2.24, 2.45) is 4.99 Å². The second-order valence-electron chi connectivity index (χ2n) is 7.03. The molecule has 136 valence electrons. The molecule has 6 nitrogen and oxygen atoms in total. The van der Waals surface area contributed by atoms with E-state index in [1.165, 1.54) is 5.56 Å². The second-order valence-corrected chi connectivity index (χ2v) is 7.03. The molecule has 1 aromatic heterocycles. The Balaban J connectivity index is 1.65. The minimum atomic E-state index is 0.142. The number of nitrogens with zero attached hydrogens (tertiary/aromatic N) is 4. The molecular formula is C20H24N4O2. The molecule has 2 aliphatic heterocycles. The Bertz CT molecular complexity index is 834. The third-order valence-corrected chi connectivity index (χ3v) is 4.67.